The molecule has 0 radical (unpaired) electrons. The van der Waals surface area contributed by atoms with E-state index in [0.29, 0.717) is 6.42 Å². The molecule has 102 valence electrons. The summed E-state index contributed by atoms with van der Waals surface area (Å²) in [7, 11) is 3.45. The highest BCUT2D eigenvalue weighted by Gasteiger charge is 2.17. The lowest BCUT2D eigenvalue weighted by Gasteiger charge is -2.12. The third kappa shape index (κ3) is 2.62. The van der Waals surface area contributed by atoms with Crippen molar-refractivity contribution in [3.8, 4) is 0 Å². The molecule has 4 nitrogen and oxygen atoms in total. The lowest BCUT2D eigenvalue weighted by Crippen LogP contribution is -2.17. The highest BCUT2D eigenvalue weighted by atomic mass is 16.5. The average Bonchev–Trinajstić information content (AvgIpc) is 2.70. The molecule has 0 aliphatic rings. The summed E-state index contributed by atoms with van der Waals surface area (Å²) < 4.78 is 6.89. The number of nitrogens with zero attached hydrogens (tertiary/aromatic N) is 2. The Morgan fingerprint density at radius 3 is 2.84 bits per heavy atom. The zero-order valence-corrected chi connectivity index (χ0v) is 11.9. The van der Waals surface area contributed by atoms with Gasteiger partial charge in [0.05, 0.1) is 24.1 Å². The van der Waals surface area contributed by atoms with E-state index in [4.69, 9.17) is 4.74 Å². The Hall–Kier alpha value is -1.84. The Bertz CT molecular complexity index is 601. The van der Waals surface area contributed by atoms with Gasteiger partial charge in [0.25, 0.3) is 0 Å². The normalized spacial score (nSPS) is 12.6. The van der Waals surface area contributed by atoms with Crippen LogP contribution in [0, 0.1) is 12.8 Å². The number of benzene rings is 1. The third-order valence-electron chi connectivity index (χ3n) is 3.68. The zero-order valence-electron chi connectivity index (χ0n) is 11.9. The second kappa shape index (κ2) is 5.43. The van der Waals surface area contributed by atoms with Gasteiger partial charge in [-0.1, -0.05) is 13.0 Å². The van der Waals surface area contributed by atoms with Crippen LogP contribution in [0.25, 0.3) is 11.0 Å². The van der Waals surface area contributed by atoms with E-state index in [1.165, 1.54) is 7.11 Å². The van der Waals surface area contributed by atoms with Crippen LogP contribution < -0.4 is 0 Å². The standard InChI is InChI=1S/C15H20N2O2/c1-5-12(15(18)19-4)8-11-6-7-14-13(9-11)16-10(2)17(14)3/h6-7,9,12H,5,8H2,1-4H3. The van der Waals surface area contributed by atoms with Crippen molar-refractivity contribution >= 4 is 17.0 Å². The average molecular weight is 260 g/mol. The number of carbonyl (C=O) groups excluding carboxylic acids is 1. The Morgan fingerprint density at radius 2 is 2.21 bits per heavy atom. The molecule has 0 aliphatic carbocycles. The van der Waals surface area contributed by atoms with E-state index >= 15 is 0 Å². The molecule has 0 spiro atoms. The fourth-order valence-electron chi connectivity index (χ4n) is 2.34. The van der Waals surface area contributed by atoms with Crippen LogP contribution in [0.1, 0.15) is 24.7 Å². The number of carbonyl (C=O) groups is 1. The number of ether oxygens (including phenoxy) is 1. The number of methoxy groups -OCH3 is 1. The molecule has 19 heavy (non-hydrogen) atoms. The van der Waals surface area contributed by atoms with Crippen LogP contribution in [0.3, 0.4) is 0 Å². The number of fused-ring (bicyclic) bond motifs is 1. The summed E-state index contributed by atoms with van der Waals surface area (Å²) in [5.74, 6) is 0.777. The molecule has 0 saturated carbocycles. The van der Waals surface area contributed by atoms with E-state index in [9.17, 15) is 4.79 Å². The van der Waals surface area contributed by atoms with Crippen LogP contribution in [0.15, 0.2) is 18.2 Å². The summed E-state index contributed by atoms with van der Waals surface area (Å²) in [6.45, 7) is 3.99. The topological polar surface area (TPSA) is 44.1 Å². The van der Waals surface area contributed by atoms with Gasteiger partial charge in [-0.05, 0) is 37.5 Å². The Kier molecular flexibility index (Phi) is 3.88. The molecule has 0 saturated heterocycles. The van der Waals surface area contributed by atoms with Gasteiger partial charge in [0.1, 0.15) is 5.82 Å². The lowest BCUT2D eigenvalue weighted by atomic mass is 9.97. The van der Waals surface area contributed by atoms with Crippen molar-refractivity contribution in [2.75, 3.05) is 7.11 Å². The summed E-state index contributed by atoms with van der Waals surface area (Å²) in [6.07, 6.45) is 1.49. The monoisotopic (exact) mass is 260 g/mol. The van der Waals surface area contributed by atoms with Crippen molar-refractivity contribution < 1.29 is 9.53 Å². The fraction of sp³-hybridized carbons (Fsp3) is 0.467. The van der Waals surface area contributed by atoms with Crippen molar-refractivity contribution in [1.29, 1.82) is 0 Å². The Labute approximate surface area is 113 Å². The second-order valence-electron chi connectivity index (χ2n) is 4.87. The number of rotatable bonds is 4. The molecular weight excluding hydrogens is 240 g/mol. The van der Waals surface area contributed by atoms with Gasteiger partial charge in [0, 0.05) is 7.05 Å². The van der Waals surface area contributed by atoms with Gasteiger partial charge in [-0.15, -0.1) is 0 Å². The first kappa shape index (κ1) is 13.6. The minimum absolute atomic E-state index is 0.0766. The molecule has 1 aromatic heterocycles. The fourth-order valence-corrected chi connectivity index (χ4v) is 2.34. The SMILES string of the molecule is CCC(Cc1ccc2c(c1)nc(C)n2C)C(=O)OC. The molecule has 0 fully saturated rings. The van der Waals surface area contributed by atoms with Crippen molar-refractivity contribution in [2.24, 2.45) is 13.0 Å². The Morgan fingerprint density at radius 1 is 1.47 bits per heavy atom. The summed E-state index contributed by atoms with van der Waals surface area (Å²) in [4.78, 5) is 16.1. The lowest BCUT2D eigenvalue weighted by molar-refractivity contribution is -0.145. The first-order valence-electron chi connectivity index (χ1n) is 6.56. The smallest absolute Gasteiger partial charge is 0.308 e. The molecule has 1 aromatic carbocycles. The summed E-state index contributed by atoms with van der Waals surface area (Å²) in [5.41, 5.74) is 3.23. The predicted octanol–water partition coefficient (Wildman–Crippen LogP) is 2.62. The first-order chi connectivity index (χ1) is 9.06. The highest BCUT2D eigenvalue weighted by Crippen LogP contribution is 2.20. The molecular formula is C15H20N2O2. The molecule has 1 heterocycles. The van der Waals surface area contributed by atoms with Gasteiger partial charge >= 0.3 is 5.97 Å². The second-order valence-corrected chi connectivity index (χ2v) is 4.87. The van der Waals surface area contributed by atoms with E-state index in [2.05, 4.69) is 27.8 Å². The van der Waals surface area contributed by atoms with Gasteiger partial charge < -0.3 is 9.30 Å². The van der Waals surface area contributed by atoms with Crippen LogP contribution >= 0.6 is 0 Å². The molecule has 4 heteroatoms. The predicted molar refractivity (Wildman–Crippen MR) is 75.0 cm³/mol. The number of aryl methyl sites for hydroxylation is 2. The molecule has 1 unspecified atom stereocenters. The van der Waals surface area contributed by atoms with Crippen LogP contribution in [-0.4, -0.2) is 22.6 Å². The van der Waals surface area contributed by atoms with Crippen molar-refractivity contribution in [1.82, 2.24) is 9.55 Å². The quantitative estimate of drug-likeness (QED) is 0.794. The summed E-state index contributed by atoms with van der Waals surface area (Å²) in [5, 5.41) is 0. The molecule has 0 bridgehead atoms. The maximum absolute atomic E-state index is 11.6. The number of hydrogen-bond acceptors (Lipinski definition) is 3. The maximum Gasteiger partial charge on any atom is 0.308 e. The van der Waals surface area contributed by atoms with Gasteiger partial charge in [-0.2, -0.15) is 0 Å². The Balaban J connectivity index is 2.28. The van der Waals surface area contributed by atoms with Gasteiger partial charge in [0.2, 0.25) is 0 Å². The summed E-state index contributed by atoms with van der Waals surface area (Å²) >= 11 is 0. The molecule has 0 amide bonds. The number of hydrogen-bond donors (Lipinski definition) is 0. The number of aromatic nitrogens is 2. The van der Waals surface area contributed by atoms with Gasteiger partial charge in [0.15, 0.2) is 0 Å². The minimum atomic E-state index is -0.139. The molecule has 0 aliphatic heterocycles. The van der Waals surface area contributed by atoms with E-state index in [0.717, 1.165) is 28.8 Å². The van der Waals surface area contributed by atoms with E-state index in [1.807, 2.05) is 20.9 Å². The van der Waals surface area contributed by atoms with Crippen LogP contribution in [0.4, 0.5) is 0 Å². The van der Waals surface area contributed by atoms with Crippen molar-refractivity contribution in [3.63, 3.8) is 0 Å². The summed E-state index contributed by atoms with van der Waals surface area (Å²) in [6, 6.07) is 6.19. The van der Waals surface area contributed by atoms with Crippen molar-refractivity contribution in [2.45, 2.75) is 26.7 Å². The first-order valence-corrected chi connectivity index (χ1v) is 6.56. The van der Waals surface area contributed by atoms with Gasteiger partial charge in [-0.25, -0.2) is 4.98 Å². The maximum atomic E-state index is 11.6. The van der Waals surface area contributed by atoms with Crippen LogP contribution in [0.5, 0.6) is 0 Å². The van der Waals surface area contributed by atoms with E-state index < -0.39 is 0 Å². The van der Waals surface area contributed by atoms with Crippen LogP contribution in [0.2, 0.25) is 0 Å². The third-order valence-corrected chi connectivity index (χ3v) is 3.68. The molecule has 2 rings (SSSR count). The zero-order chi connectivity index (χ0) is 14.0. The number of esters is 1. The molecule has 1 atom stereocenters. The van der Waals surface area contributed by atoms with E-state index in [1.54, 1.807) is 0 Å². The van der Waals surface area contributed by atoms with Gasteiger partial charge in [-0.3, -0.25) is 4.79 Å². The largest absolute Gasteiger partial charge is 0.469 e. The van der Waals surface area contributed by atoms with E-state index in [-0.39, 0.29) is 11.9 Å². The van der Waals surface area contributed by atoms with Crippen molar-refractivity contribution in [3.05, 3.63) is 29.6 Å². The van der Waals surface area contributed by atoms with Crippen LogP contribution in [-0.2, 0) is 23.0 Å². The number of imidazole rings is 1. The highest BCUT2D eigenvalue weighted by molar-refractivity contribution is 5.77. The minimum Gasteiger partial charge on any atom is -0.469 e. The molecule has 0 N–H and O–H groups in total. The molecule has 2 aromatic rings.